The Kier molecular flexibility index (Phi) is 5.68. The number of nitrogens with one attached hydrogen (secondary N) is 1. The van der Waals surface area contributed by atoms with E-state index in [0.717, 1.165) is 51.2 Å². The second kappa shape index (κ2) is 10.1. The van der Waals surface area contributed by atoms with E-state index < -0.39 is 0 Å². The zero-order chi connectivity index (χ0) is 30.2. The van der Waals surface area contributed by atoms with Crippen LogP contribution in [0, 0.1) is 0 Å². The van der Waals surface area contributed by atoms with Gasteiger partial charge in [0, 0.05) is 68.5 Å². The standard InChI is InChI=1S/C41H26N2OS2/c1-4-13-36-28(8-1)32-11-7-12-35(41(32)44-36)43(27-20-21-31-29-9-2-5-14-37(29)45-39(31)22-27)26-18-16-25(17-19-26)34-23-33-30-10-3-6-15-38(30)46-40(33)24-42-34/h1-23,42H,24H2. The van der Waals surface area contributed by atoms with Crippen molar-refractivity contribution in [1.29, 1.82) is 0 Å². The SMILES string of the molecule is C1=C(c2ccc(N(c3ccc4c(c3)sc3ccccc34)c3cccc4c3oc3ccccc34)cc2)NCc2sc3ccccc3c21. The Morgan fingerprint density at radius 3 is 2.13 bits per heavy atom. The average Bonchev–Trinajstić information content (AvgIpc) is 3.80. The highest BCUT2D eigenvalue weighted by molar-refractivity contribution is 7.25. The van der Waals surface area contributed by atoms with E-state index >= 15 is 0 Å². The molecule has 6 aromatic carbocycles. The fraction of sp³-hybridized carbons (Fsp3) is 0.0244. The van der Waals surface area contributed by atoms with Gasteiger partial charge >= 0.3 is 0 Å². The van der Waals surface area contributed by atoms with Gasteiger partial charge in [-0.3, -0.25) is 0 Å². The van der Waals surface area contributed by atoms with Crippen LogP contribution in [-0.2, 0) is 6.54 Å². The fourth-order valence-electron chi connectivity index (χ4n) is 6.94. The van der Waals surface area contributed by atoms with Gasteiger partial charge in [0.05, 0.1) is 12.2 Å². The van der Waals surface area contributed by atoms with Crippen LogP contribution in [0.3, 0.4) is 0 Å². The molecule has 0 bridgehead atoms. The first-order valence-electron chi connectivity index (χ1n) is 15.5. The van der Waals surface area contributed by atoms with E-state index in [2.05, 4.69) is 144 Å². The lowest BCUT2D eigenvalue weighted by atomic mass is 10.0. The van der Waals surface area contributed by atoms with Gasteiger partial charge in [0.1, 0.15) is 5.58 Å². The van der Waals surface area contributed by atoms with Crippen LogP contribution in [-0.4, -0.2) is 0 Å². The second-order valence-corrected chi connectivity index (χ2v) is 14.0. The van der Waals surface area contributed by atoms with Gasteiger partial charge in [-0.2, -0.15) is 0 Å². The van der Waals surface area contributed by atoms with Crippen molar-refractivity contribution in [1.82, 2.24) is 5.32 Å². The minimum absolute atomic E-state index is 0.845. The van der Waals surface area contributed by atoms with E-state index in [4.69, 9.17) is 4.42 Å². The number of benzene rings is 6. The minimum Gasteiger partial charge on any atom is -0.454 e. The molecule has 1 N–H and O–H groups in total. The summed E-state index contributed by atoms with van der Waals surface area (Å²) in [6.45, 7) is 0.845. The molecule has 1 aliphatic rings. The maximum absolute atomic E-state index is 6.57. The van der Waals surface area contributed by atoms with E-state index in [9.17, 15) is 0 Å². The third kappa shape index (κ3) is 3.96. The van der Waals surface area contributed by atoms with Gasteiger partial charge in [0.2, 0.25) is 0 Å². The molecule has 0 saturated heterocycles. The van der Waals surface area contributed by atoms with Crippen LogP contribution in [0.2, 0.25) is 0 Å². The molecule has 0 fully saturated rings. The van der Waals surface area contributed by atoms with E-state index in [0.29, 0.717) is 0 Å². The molecule has 0 unspecified atom stereocenters. The fourth-order valence-corrected chi connectivity index (χ4v) is 9.20. The van der Waals surface area contributed by atoms with Crippen molar-refractivity contribution in [2.75, 3.05) is 4.90 Å². The largest absolute Gasteiger partial charge is 0.454 e. The topological polar surface area (TPSA) is 28.4 Å². The van der Waals surface area contributed by atoms with Gasteiger partial charge < -0.3 is 14.6 Å². The van der Waals surface area contributed by atoms with Crippen molar-refractivity contribution in [2.45, 2.75) is 6.54 Å². The Morgan fingerprint density at radius 2 is 1.26 bits per heavy atom. The van der Waals surface area contributed by atoms with Gasteiger partial charge in [-0.25, -0.2) is 0 Å². The molecule has 4 heterocycles. The van der Waals surface area contributed by atoms with Gasteiger partial charge in [0.15, 0.2) is 5.58 Å². The highest BCUT2D eigenvalue weighted by Crippen LogP contribution is 2.45. The van der Waals surface area contributed by atoms with Crippen LogP contribution in [0.1, 0.15) is 16.0 Å². The molecule has 0 amide bonds. The van der Waals surface area contributed by atoms with Crippen molar-refractivity contribution >= 4 is 104 Å². The van der Waals surface area contributed by atoms with Gasteiger partial charge in [-0.05, 0) is 60.2 Å². The number of hydrogen-bond acceptors (Lipinski definition) is 5. The van der Waals surface area contributed by atoms with Crippen LogP contribution in [0.15, 0.2) is 138 Å². The first kappa shape index (κ1) is 25.9. The highest BCUT2D eigenvalue weighted by Gasteiger charge is 2.21. The van der Waals surface area contributed by atoms with Crippen LogP contribution in [0.25, 0.3) is 64.0 Å². The van der Waals surface area contributed by atoms with Crippen molar-refractivity contribution in [3.63, 3.8) is 0 Å². The lowest BCUT2D eigenvalue weighted by Crippen LogP contribution is -2.15. The Morgan fingerprint density at radius 1 is 0.565 bits per heavy atom. The van der Waals surface area contributed by atoms with Gasteiger partial charge in [-0.15, -0.1) is 22.7 Å². The summed E-state index contributed by atoms with van der Waals surface area (Å²) >= 11 is 3.72. The van der Waals surface area contributed by atoms with Crippen LogP contribution >= 0.6 is 22.7 Å². The Labute approximate surface area is 273 Å². The van der Waals surface area contributed by atoms with Crippen molar-refractivity contribution < 1.29 is 4.42 Å². The quantitative estimate of drug-likeness (QED) is 0.211. The molecule has 46 heavy (non-hydrogen) atoms. The number of rotatable bonds is 4. The summed E-state index contributed by atoms with van der Waals surface area (Å²) in [5.41, 5.74) is 8.65. The maximum Gasteiger partial charge on any atom is 0.159 e. The smallest absolute Gasteiger partial charge is 0.159 e. The second-order valence-electron chi connectivity index (χ2n) is 11.8. The Balaban J connectivity index is 1.13. The van der Waals surface area contributed by atoms with Crippen molar-refractivity contribution in [2.24, 2.45) is 0 Å². The number of hydrogen-bond donors (Lipinski definition) is 1. The lowest BCUT2D eigenvalue weighted by molar-refractivity contribution is 0.669. The monoisotopic (exact) mass is 626 g/mol. The highest BCUT2D eigenvalue weighted by atomic mass is 32.1. The molecule has 1 aliphatic heterocycles. The van der Waals surface area contributed by atoms with Crippen LogP contribution < -0.4 is 10.2 Å². The molecule has 218 valence electrons. The van der Waals surface area contributed by atoms with E-state index in [1.54, 1.807) is 0 Å². The molecule has 0 atom stereocenters. The predicted molar refractivity (Wildman–Crippen MR) is 198 cm³/mol. The van der Waals surface area contributed by atoms with E-state index in [1.165, 1.54) is 46.3 Å². The van der Waals surface area contributed by atoms with Gasteiger partial charge in [0.25, 0.3) is 0 Å². The predicted octanol–water partition coefficient (Wildman–Crippen LogP) is 12.2. The number of fused-ring (bicyclic) bond motifs is 9. The zero-order valence-electron chi connectivity index (χ0n) is 24.7. The van der Waals surface area contributed by atoms with Crippen molar-refractivity contribution in [3.8, 4) is 0 Å². The number of para-hydroxylation sites is 2. The molecule has 0 spiro atoms. The minimum atomic E-state index is 0.845. The number of furan rings is 1. The Hall–Kier alpha value is -5.36. The van der Waals surface area contributed by atoms with Crippen LogP contribution in [0.4, 0.5) is 17.1 Å². The zero-order valence-corrected chi connectivity index (χ0v) is 26.3. The molecular formula is C41H26N2OS2. The Bertz CT molecular complexity index is 2660. The lowest BCUT2D eigenvalue weighted by Gasteiger charge is -2.26. The maximum atomic E-state index is 6.57. The van der Waals surface area contributed by atoms with Gasteiger partial charge in [-0.1, -0.05) is 84.9 Å². The summed E-state index contributed by atoms with van der Waals surface area (Å²) in [5.74, 6) is 0. The number of nitrogens with zero attached hydrogens (tertiary/aromatic N) is 1. The average molecular weight is 627 g/mol. The summed E-state index contributed by atoms with van der Waals surface area (Å²) in [4.78, 5) is 3.73. The molecular weight excluding hydrogens is 601 g/mol. The normalized spacial score (nSPS) is 13.0. The number of thiophene rings is 2. The van der Waals surface area contributed by atoms with Crippen LogP contribution in [0.5, 0.6) is 0 Å². The first-order valence-corrected chi connectivity index (χ1v) is 17.1. The van der Waals surface area contributed by atoms with Crippen molar-refractivity contribution in [3.05, 3.63) is 149 Å². The summed E-state index contributed by atoms with van der Waals surface area (Å²) in [5, 5.41) is 9.86. The van der Waals surface area contributed by atoms with E-state index in [-0.39, 0.29) is 0 Å². The molecule has 5 heteroatoms. The molecule has 9 aromatic rings. The molecule has 3 aromatic heterocycles. The summed E-state index contributed by atoms with van der Waals surface area (Å²) < 4.78 is 10.5. The third-order valence-electron chi connectivity index (χ3n) is 9.12. The van der Waals surface area contributed by atoms with E-state index in [1.807, 2.05) is 28.7 Å². The summed E-state index contributed by atoms with van der Waals surface area (Å²) in [6, 6.07) is 47.9. The summed E-state index contributed by atoms with van der Waals surface area (Å²) in [6.07, 6.45) is 2.31. The number of anilines is 3. The molecule has 0 aliphatic carbocycles. The molecule has 3 nitrogen and oxygen atoms in total. The molecule has 0 saturated carbocycles. The summed E-state index contributed by atoms with van der Waals surface area (Å²) in [7, 11) is 0. The molecule has 0 radical (unpaired) electrons. The third-order valence-corrected chi connectivity index (χ3v) is 11.4. The first-order chi connectivity index (χ1) is 22.8. The molecule has 10 rings (SSSR count).